The Labute approximate surface area is 438 Å². The van der Waals surface area contributed by atoms with Gasteiger partial charge in [-0.1, -0.05) is 224 Å². The Morgan fingerprint density at radius 2 is 0.587 bits per heavy atom. The molecule has 12 aromatic rings. The molecule has 0 saturated carbocycles. The lowest BCUT2D eigenvalue weighted by Crippen LogP contribution is -2.26. The van der Waals surface area contributed by atoms with Crippen molar-refractivity contribution in [3.05, 3.63) is 313 Å². The van der Waals surface area contributed by atoms with Crippen LogP contribution in [0.4, 0.5) is 34.1 Å². The van der Waals surface area contributed by atoms with E-state index < -0.39 is 5.41 Å². The zero-order chi connectivity index (χ0) is 49.5. The number of rotatable bonds is 7. The molecule has 1 aliphatic heterocycles. The Morgan fingerprint density at radius 1 is 0.227 bits per heavy atom. The first kappa shape index (κ1) is 42.9. The minimum atomic E-state index is -0.449. The van der Waals surface area contributed by atoms with Crippen molar-refractivity contribution in [3.63, 3.8) is 0 Å². The zero-order valence-corrected chi connectivity index (χ0v) is 41.1. The molecule has 15 rings (SSSR count). The van der Waals surface area contributed by atoms with Crippen LogP contribution < -0.4 is 9.80 Å². The molecule has 2 aliphatic carbocycles. The molecule has 1 heterocycles. The van der Waals surface area contributed by atoms with Gasteiger partial charge in [-0.15, -0.1) is 0 Å². The summed E-state index contributed by atoms with van der Waals surface area (Å²) in [6.45, 7) is 0. The molecule has 2 nitrogen and oxygen atoms in total. The van der Waals surface area contributed by atoms with E-state index in [-0.39, 0.29) is 0 Å². The minimum absolute atomic E-state index is 0.449. The Bertz CT molecular complexity index is 4010. The average molecular weight is 953 g/mol. The number of para-hydroxylation sites is 1. The Balaban J connectivity index is 0.858. The molecule has 350 valence electrons. The van der Waals surface area contributed by atoms with Gasteiger partial charge in [-0.3, -0.25) is 0 Å². The third-order valence-corrected chi connectivity index (χ3v) is 16.1. The molecule has 0 saturated heterocycles. The molecule has 1 spiro atoms. The molecule has 2 heteroatoms. The van der Waals surface area contributed by atoms with E-state index in [0.29, 0.717) is 0 Å². The van der Waals surface area contributed by atoms with E-state index in [9.17, 15) is 0 Å². The molecule has 12 aromatic carbocycles. The molecule has 0 aromatic heterocycles. The fourth-order valence-electron chi connectivity index (χ4n) is 12.7. The summed E-state index contributed by atoms with van der Waals surface area (Å²) in [7, 11) is 0. The Morgan fingerprint density at radius 3 is 1.09 bits per heavy atom. The average Bonchev–Trinajstić information content (AvgIpc) is 4.13. The van der Waals surface area contributed by atoms with E-state index in [1.165, 1.54) is 89.0 Å². The lowest BCUT2D eigenvalue weighted by Gasteiger charge is -2.32. The predicted molar refractivity (Wildman–Crippen MR) is 313 cm³/mol. The van der Waals surface area contributed by atoms with E-state index in [4.69, 9.17) is 0 Å². The fourth-order valence-corrected chi connectivity index (χ4v) is 12.7. The number of benzene rings is 12. The zero-order valence-electron chi connectivity index (χ0n) is 41.1. The van der Waals surface area contributed by atoms with Gasteiger partial charge >= 0.3 is 0 Å². The largest absolute Gasteiger partial charge is 0.311 e. The normalized spacial score (nSPS) is 12.9. The number of fused-ring (bicyclic) bond motifs is 15. The van der Waals surface area contributed by atoms with Crippen molar-refractivity contribution in [3.8, 4) is 77.9 Å². The van der Waals surface area contributed by atoms with Gasteiger partial charge in [-0.2, -0.15) is 0 Å². The van der Waals surface area contributed by atoms with Gasteiger partial charge in [0.05, 0.1) is 16.8 Å². The van der Waals surface area contributed by atoms with Crippen molar-refractivity contribution in [1.82, 2.24) is 0 Å². The van der Waals surface area contributed by atoms with E-state index in [0.717, 1.165) is 45.3 Å². The second-order valence-electron chi connectivity index (χ2n) is 20.0. The van der Waals surface area contributed by atoms with E-state index in [1.807, 2.05) is 0 Å². The molecule has 0 fully saturated rings. The third-order valence-electron chi connectivity index (χ3n) is 16.1. The highest BCUT2D eigenvalue weighted by Gasteiger charge is 2.51. The quantitative estimate of drug-likeness (QED) is 0.157. The Hall–Kier alpha value is -9.76. The highest BCUT2D eigenvalue weighted by atomic mass is 15.2. The highest BCUT2D eigenvalue weighted by molar-refractivity contribution is 6.04. The van der Waals surface area contributed by atoms with Gasteiger partial charge in [0.1, 0.15) is 0 Å². The third kappa shape index (κ3) is 6.66. The smallest absolute Gasteiger partial charge is 0.0726 e. The monoisotopic (exact) mass is 952 g/mol. The maximum Gasteiger partial charge on any atom is 0.0726 e. The first-order valence-corrected chi connectivity index (χ1v) is 26.0. The highest BCUT2D eigenvalue weighted by Crippen LogP contribution is 2.64. The molecule has 0 N–H and O–H groups in total. The summed E-state index contributed by atoms with van der Waals surface area (Å²) in [6.07, 6.45) is 0. The SMILES string of the molecule is c1ccc(-c2ccc(N(c3ccc(-c4ccccc4)cc3)c3ccc(-c4ccc5c(c4)-c4ccccc4-c4ccccc4N5c4ccc5c(c4)C4(c6ccccc6-c6ccccc64)c4ccccc4-5)cc3)cc2)cc1. The molecular weight excluding hydrogens is 905 g/mol. The van der Waals surface area contributed by atoms with Crippen LogP contribution in [0.25, 0.3) is 77.9 Å². The van der Waals surface area contributed by atoms with Crippen LogP contribution in [-0.4, -0.2) is 0 Å². The van der Waals surface area contributed by atoms with Crippen LogP contribution >= 0.6 is 0 Å². The second-order valence-corrected chi connectivity index (χ2v) is 20.0. The molecule has 0 atom stereocenters. The van der Waals surface area contributed by atoms with Gasteiger partial charge in [-0.05, 0) is 156 Å². The fraction of sp³-hybridized carbons (Fsp3) is 0.0137. The van der Waals surface area contributed by atoms with Gasteiger partial charge in [0.25, 0.3) is 0 Å². The van der Waals surface area contributed by atoms with Crippen molar-refractivity contribution in [2.45, 2.75) is 5.41 Å². The molecule has 0 unspecified atom stereocenters. The number of hydrogen-bond donors (Lipinski definition) is 0. The summed E-state index contributed by atoms with van der Waals surface area (Å²) in [6, 6.07) is 108. The van der Waals surface area contributed by atoms with E-state index in [1.54, 1.807) is 0 Å². The topological polar surface area (TPSA) is 6.48 Å². The van der Waals surface area contributed by atoms with Crippen LogP contribution in [-0.2, 0) is 5.41 Å². The number of hydrogen-bond acceptors (Lipinski definition) is 2. The van der Waals surface area contributed by atoms with E-state index >= 15 is 0 Å². The maximum absolute atomic E-state index is 2.52. The lowest BCUT2D eigenvalue weighted by molar-refractivity contribution is 0.793. The van der Waals surface area contributed by atoms with Crippen molar-refractivity contribution in [2.75, 3.05) is 9.80 Å². The van der Waals surface area contributed by atoms with Crippen molar-refractivity contribution >= 4 is 34.1 Å². The summed E-state index contributed by atoms with van der Waals surface area (Å²) in [4.78, 5) is 4.88. The van der Waals surface area contributed by atoms with Gasteiger partial charge in [0.15, 0.2) is 0 Å². The van der Waals surface area contributed by atoms with E-state index in [2.05, 4.69) is 301 Å². The molecular formula is C73H48N2. The van der Waals surface area contributed by atoms with Crippen LogP contribution in [0.15, 0.2) is 291 Å². The van der Waals surface area contributed by atoms with Gasteiger partial charge in [0, 0.05) is 33.9 Å². The molecule has 0 amide bonds. The number of anilines is 6. The van der Waals surface area contributed by atoms with Crippen molar-refractivity contribution in [2.24, 2.45) is 0 Å². The molecule has 0 radical (unpaired) electrons. The molecule has 0 bridgehead atoms. The second kappa shape index (κ2) is 17.2. The summed E-state index contributed by atoms with van der Waals surface area (Å²) in [5, 5.41) is 0. The molecule has 75 heavy (non-hydrogen) atoms. The summed E-state index contributed by atoms with van der Waals surface area (Å²) >= 11 is 0. The van der Waals surface area contributed by atoms with Gasteiger partial charge in [0.2, 0.25) is 0 Å². The van der Waals surface area contributed by atoms with Crippen molar-refractivity contribution in [1.29, 1.82) is 0 Å². The standard InChI is InChI=1S/C73H48N2/c1-3-17-49(18-4-1)51-31-38-55(39-32-51)74(56-40-33-52(34-41-56)50-19-5-2-6-20-50)57-42-35-53(36-43-57)54-37-46-72-66(47-54)60-22-8-7-21-59(60)65-26-12-16-30-71(65)75(72)58-44-45-64-63-25-11-15-29-69(63)73(70(64)48-58)67-27-13-9-23-61(67)62-24-10-14-28-68(62)73/h1-48H. The van der Waals surface area contributed by atoms with Crippen molar-refractivity contribution < 1.29 is 0 Å². The van der Waals surface area contributed by atoms with Crippen LogP contribution in [0, 0.1) is 0 Å². The first-order chi connectivity index (χ1) is 37.2. The van der Waals surface area contributed by atoms with Crippen LogP contribution in [0.2, 0.25) is 0 Å². The summed E-state index contributed by atoms with van der Waals surface area (Å²) in [5.41, 5.74) is 28.8. The van der Waals surface area contributed by atoms with Crippen LogP contribution in [0.5, 0.6) is 0 Å². The Kier molecular flexibility index (Phi) is 9.83. The first-order valence-electron chi connectivity index (χ1n) is 26.0. The lowest BCUT2D eigenvalue weighted by atomic mass is 9.70. The van der Waals surface area contributed by atoms with Gasteiger partial charge < -0.3 is 9.80 Å². The predicted octanol–water partition coefficient (Wildman–Crippen LogP) is 19.6. The minimum Gasteiger partial charge on any atom is -0.311 e. The van der Waals surface area contributed by atoms with Crippen LogP contribution in [0.1, 0.15) is 22.3 Å². The molecule has 3 aliphatic rings. The summed E-state index contributed by atoms with van der Waals surface area (Å²) in [5.74, 6) is 0. The maximum atomic E-state index is 2.52. The number of nitrogens with zero attached hydrogens (tertiary/aromatic N) is 2. The van der Waals surface area contributed by atoms with Crippen LogP contribution in [0.3, 0.4) is 0 Å². The summed E-state index contributed by atoms with van der Waals surface area (Å²) < 4.78 is 0. The van der Waals surface area contributed by atoms with Gasteiger partial charge in [-0.25, -0.2) is 0 Å².